The normalized spacial score (nSPS) is 13.6. The number of alkyl halides is 6. The molecule has 0 aromatic heterocycles. The quantitative estimate of drug-likeness (QED) is 0.858. The first kappa shape index (κ1) is 17.8. The fraction of sp³-hybridized carbons (Fsp3) is 0.400. The van der Waals surface area contributed by atoms with E-state index in [1.165, 1.54) is 12.1 Å². The highest BCUT2D eigenvalue weighted by molar-refractivity contribution is 5.85. The fourth-order valence-corrected chi connectivity index (χ4v) is 1.36. The van der Waals surface area contributed by atoms with E-state index in [9.17, 15) is 26.3 Å². The molecule has 1 aromatic carbocycles. The number of nitrogens with two attached hydrogens (primary N) is 1. The SMILES string of the molecule is Cl.N[C@H](CC(F)(F)F)c1ccccc1OC(F)(F)F. The van der Waals surface area contributed by atoms with E-state index in [0.717, 1.165) is 12.1 Å². The van der Waals surface area contributed by atoms with Crippen molar-refractivity contribution in [3.63, 3.8) is 0 Å². The zero-order valence-corrected chi connectivity index (χ0v) is 10.1. The molecule has 1 atom stereocenters. The lowest BCUT2D eigenvalue weighted by atomic mass is 10.0. The van der Waals surface area contributed by atoms with Crippen molar-refractivity contribution in [3.8, 4) is 5.75 Å². The number of halogens is 7. The van der Waals surface area contributed by atoms with Gasteiger partial charge in [0.15, 0.2) is 0 Å². The minimum Gasteiger partial charge on any atom is -0.405 e. The topological polar surface area (TPSA) is 35.2 Å². The van der Waals surface area contributed by atoms with Crippen LogP contribution in [0.2, 0.25) is 0 Å². The van der Waals surface area contributed by atoms with E-state index < -0.39 is 30.8 Å². The first-order chi connectivity index (χ1) is 8.08. The summed E-state index contributed by atoms with van der Waals surface area (Å²) in [6, 6.07) is 2.87. The molecular weight excluding hydrogens is 300 g/mol. The molecule has 19 heavy (non-hydrogen) atoms. The number of hydrogen-bond acceptors (Lipinski definition) is 2. The van der Waals surface area contributed by atoms with Crippen LogP contribution in [0.25, 0.3) is 0 Å². The van der Waals surface area contributed by atoms with Crippen molar-refractivity contribution in [2.75, 3.05) is 0 Å². The Morgan fingerprint density at radius 1 is 1.05 bits per heavy atom. The standard InChI is InChI=1S/C10H9F6NO.ClH/c11-9(12,13)5-7(17)6-3-1-2-4-8(6)18-10(14,15)16;/h1-4,7H,5,17H2;1H/t7-;/m1./s1. The van der Waals surface area contributed by atoms with Crippen molar-refractivity contribution >= 4 is 12.4 Å². The van der Waals surface area contributed by atoms with Crippen LogP contribution in [0.4, 0.5) is 26.3 Å². The third kappa shape index (κ3) is 6.53. The summed E-state index contributed by atoms with van der Waals surface area (Å²) in [5.74, 6) is -0.721. The van der Waals surface area contributed by atoms with Gasteiger partial charge < -0.3 is 10.5 Å². The largest absolute Gasteiger partial charge is 0.573 e. The summed E-state index contributed by atoms with van der Waals surface area (Å²) in [6.45, 7) is 0. The summed E-state index contributed by atoms with van der Waals surface area (Å²) in [6.07, 6.45) is -11.0. The molecular formula is C10H10ClF6NO. The molecule has 0 aliphatic carbocycles. The minimum atomic E-state index is -4.98. The van der Waals surface area contributed by atoms with Crippen LogP contribution in [0, 0.1) is 0 Å². The van der Waals surface area contributed by atoms with E-state index >= 15 is 0 Å². The van der Waals surface area contributed by atoms with E-state index in [0.29, 0.717) is 0 Å². The number of benzene rings is 1. The van der Waals surface area contributed by atoms with Crippen molar-refractivity contribution in [1.82, 2.24) is 0 Å². The predicted octanol–water partition coefficient (Wildman–Crippen LogP) is 3.96. The maximum atomic E-state index is 12.1. The third-order valence-corrected chi connectivity index (χ3v) is 2.00. The van der Waals surface area contributed by atoms with Gasteiger partial charge in [0, 0.05) is 11.6 Å². The molecule has 0 spiro atoms. The highest BCUT2D eigenvalue weighted by Gasteiger charge is 2.35. The molecule has 0 amide bonds. The molecule has 0 unspecified atom stereocenters. The lowest BCUT2D eigenvalue weighted by Gasteiger charge is -2.18. The minimum absolute atomic E-state index is 0. The van der Waals surface area contributed by atoms with E-state index in [4.69, 9.17) is 5.73 Å². The third-order valence-electron chi connectivity index (χ3n) is 2.00. The zero-order valence-electron chi connectivity index (χ0n) is 9.26. The van der Waals surface area contributed by atoms with Gasteiger partial charge >= 0.3 is 12.5 Å². The zero-order chi connectivity index (χ0) is 14.0. The van der Waals surface area contributed by atoms with Crippen LogP contribution in [-0.2, 0) is 0 Å². The first-order valence-corrected chi connectivity index (χ1v) is 4.75. The molecule has 2 N–H and O–H groups in total. The highest BCUT2D eigenvalue weighted by Crippen LogP contribution is 2.34. The Morgan fingerprint density at radius 2 is 1.58 bits per heavy atom. The molecule has 1 rings (SSSR count). The number of ether oxygens (including phenoxy) is 1. The van der Waals surface area contributed by atoms with Crippen molar-refractivity contribution in [1.29, 1.82) is 0 Å². The number of rotatable bonds is 3. The van der Waals surface area contributed by atoms with Crippen LogP contribution in [0.5, 0.6) is 5.75 Å². The van der Waals surface area contributed by atoms with Gasteiger partial charge in [0.1, 0.15) is 5.75 Å². The summed E-state index contributed by atoms with van der Waals surface area (Å²) in [7, 11) is 0. The molecule has 0 aliphatic rings. The van der Waals surface area contributed by atoms with E-state index in [1.807, 2.05) is 0 Å². The van der Waals surface area contributed by atoms with Crippen molar-refractivity contribution < 1.29 is 31.1 Å². The van der Waals surface area contributed by atoms with Crippen LogP contribution in [0.15, 0.2) is 24.3 Å². The maximum Gasteiger partial charge on any atom is 0.573 e. The van der Waals surface area contributed by atoms with Gasteiger partial charge in [-0.05, 0) is 6.07 Å². The van der Waals surface area contributed by atoms with Gasteiger partial charge in [0.25, 0.3) is 0 Å². The van der Waals surface area contributed by atoms with Gasteiger partial charge in [-0.25, -0.2) is 0 Å². The fourth-order valence-electron chi connectivity index (χ4n) is 1.36. The molecule has 0 aliphatic heterocycles. The second-order valence-corrected chi connectivity index (χ2v) is 3.51. The summed E-state index contributed by atoms with van der Waals surface area (Å²) in [5, 5.41) is 0. The summed E-state index contributed by atoms with van der Waals surface area (Å²) in [5.41, 5.74) is 4.89. The Balaban J connectivity index is 0.00000324. The maximum absolute atomic E-state index is 12.1. The Kier molecular flexibility index (Phi) is 5.95. The van der Waals surface area contributed by atoms with Crippen molar-refractivity contribution in [2.24, 2.45) is 5.73 Å². The highest BCUT2D eigenvalue weighted by atomic mass is 35.5. The molecule has 0 saturated carbocycles. The monoisotopic (exact) mass is 309 g/mol. The van der Waals surface area contributed by atoms with Crippen LogP contribution in [0.3, 0.4) is 0 Å². The van der Waals surface area contributed by atoms with Crippen LogP contribution < -0.4 is 10.5 Å². The van der Waals surface area contributed by atoms with Crippen molar-refractivity contribution in [2.45, 2.75) is 25.0 Å². The van der Waals surface area contributed by atoms with Crippen molar-refractivity contribution in [3.05, 3.63) is 29.8 Å². The van der Waals surface area contributed by atoms with Gasteiger partial charge in [-0.15, -0.1) is 25.6 Å². The van der Waals surface area contributed by atoms with Crippen LogP contribution in [0.1, 0.15) is 18.0 Å². The number of hydrogen-bond donors (Lipinski definition) is 1. The van der Waals surface area contributed by atoms with Gasteiger partial charge in [-0.1, -0.05) is 18.2 Å². The summed E-state index contributed by atoms with van der Waals surface area (Å²) in [4.78, 5) is 0. The second-order valence-electron chi connectivity index (χ2n) is 3.51. The average Bonchev–Trinajstić information content (AvgIpc) is 2.12. The smallest absolute Gasteiger partial charge is 0.405 e. The Hall–Kier alpha value is -1.15. The lowest BCUT2D eigenvalue weighted by Crippen LogP contribution is -2.23. The van der Waals surface area contributed by atoms with Crippen LogP contribution >= 0.6 is 12.4 Å². The molecule has 9 heteroatoms. The second kappa shape index (κ2) is 6.33. The number of para-hydroxylation sites is 1. The molecule has 2 nitrogen and oxygen atoms in total. The van der Waals surface area contributed by atoms with Gasteiger partial charge in [0.05, 0.1) is 6.42 Å². The van der Waals surface area contributed by atoms with E-state index in [2.05, 4.69) is 4.74 Å². The van der Waals surface area contributed by atoms with Gasteiger partial charge in [-0.2, -0.15) is 13.2 Å². The van der Waals surface area contributed by atoms with Crippen LogP contribution in [-0.4, -0.2) is 12.5 Å². The molecule has 110 valence electrons. The molecule has 0 fully saturated rings. The Labute approximate surface area is 110 Å². The molecule has 0 radical (unpaired) electrons. The predicted molar refractivity (Wildman–Crippen MR) is 58.0 cm³/mol. The molecule has 1 aromatic rings. The van der Waals surface area contributed by atoms with Gasteiger partial charge in [-0.3, -0.25) is 0 Å². The van der Waals surface area contributed by atoms with E-state index in [1.54, 1.807) is 0 Å². The Morgan fingerprint density at radius 3 is 2.05 bits per heavy atom. The summed E-state index contributed by atoms with van der Waals surface area (Å²) < 4.78 is 76.1. The molecule has 0 saturated heterocycles. The molecule has 0 bridgehead atoms. The van der Waals surface area contributed by atoms with E-state index in [-0.39, 0.29) is 18.0 Å². The molecule has 0 heterocycles. The Bertz CT molecular complexity index is 406. The average molecular weight is 310 g/mol. The lowest BCUT2D eigenvalue weighted by molar-refractivity contribution is -0.275. The van der Waals surface area contributed by atoms with Gasteiger partial charge in [0.2, 0.25) is 0 Å². The summed E-state index contributed by atoms with van der Waals surface area (Å²) >= 11 is 0. The first-order valence-electron chi connectivity index (χ1n) is 4.75.